The van der Waals surface area contributed by atoms with Gasteiger partial charge in [0.05, 0.1) is 4.92 Å². The summed E-state index contributed by atoms with van der Waals surface area (Å²) < 4.78 is 5.52. The molecule has 1 aromatic heterocycles. The summed E-state index contributed by atoms with van der Waals surface area (Å²) in [5.74, 6) is 1.02. The molecule has 20 heavy (non-hydrogen) atoms. The van der Waals surface area contributed by atoms with Gasteiger partial charge >= 0.3 is 5.69 Å². The van der Waals surface area contributed by atoms with E-state index in [1.165, 1.54) is 6.07 Å². The van der Waals surface area contributed by atoms with Crippen LogP contribution in [0.25, 0.3) is 0 Å². The maximum Gasteiger partial charge on any atom is 0.310 e. The average molecular weight is 273 g/mol. The molecule has 1 aromatic carbocycles. The number of nitro benzene ring substituents is 1. The molecule has 1 heterocycles. The summed E-state index contributed by atoms with van der Waals surface area (Å²) in [6, 6.07) is 10.0. The summed E-state index contributed by atoms with van der Waals surface area (Å²) in [4.78, 5) is 14.6. The van der Waals surface area contributed by atoms with Crippen LogP contribution < -0.4 is 10.1 Å². The fraction of sp³-hybridized carbons (Fsp3) is 0.214. The number of hydrogen-bond donors (Lipinski definition) is 1. The molecule has 0 aliphatic carbocycles. The van der Waals surface area contributed by atoms with Gasteiger partial charge in [-0.2, -0.15) is 0 Å². The molecular formula is C14H15N3O3. The second-order valence-corrected chi connectivity index (χ2v) is 4.09. The molecule has 104 valence electrons. The standard InChI is InChI=1S/C14H15N3O3/c1-2-15-14-9-11(7-8-16-14)10-20-13-6-4-3-5-12(13)17(18)19/h3-9H,2,10H2,1H3,(H,15,16). The second kappa shape index (κ2) is 6.51. The number of benzene rings is 1. The average Bonchev–Trinajstić information content (AvgIpc) is 2.46. The molecule has 0 amide bonds. The van der Waals surface area contributed by atoms with Gasteiger partial charge in [0.1, 0.15) is 12.4 Å². The number of nitro groups is 1. The van der Waals surface area contributed by atoms with Crippen LogP contribution in [0, 0.1) is 10.1 Å². The van der Waals surface area contributed by atoms with Crippen molar-refractivity contribution in [3.8, 4) is 5.75 Å². The van der Waals surface area contributed by atoms with E-state index in [4.69, 9.17) is 4.74 Å². The summed E-state index contributed by atoms with van der Waals surface area (Å²) >= 11 is 0. The highest BCUT2D eigenvalue weighted by molar-refractivity contribution is 5.46. The lowest BCUT2D eigenvalue weighted by molar-refractivity contribution is -0.385. The molecule has 0 unspecified atom stereocenters. The number of ether oxygens (including phenoxy) is 1. The van der Waals surface area contributed by atoms with Crippen molar-refractivity contribution in [3.63, 3.8) is 0 Å². The topological polar surface area (TPSA) is 77.3 Å². The molecule has 0 aliphatic heterocycles. The molecule has 2 rings (SSSR count). The van der Waals surface area contributed by atoms with Crippen LogP contribution in [0.1, 0.15) is 12.5 Å². The van der Waals surface area contributed by atoms with Gasteiger partial charge in [-0.1, -0.05) is 12.1 Å². The first-order valence-corrected chi connectivity index (χ1v) is 6.25. The Bertz CT molecular complexity index is 602. The number of hydrogen-bond acceptors (Lipinski definition) is 5. The number of anilines is 1. The predicted octanol–water partition coefficient (Wildman–Crippen LogP) is 3.00. The zero-order valence-corrected chi connectivity index (χ0v) is 11.1. The minimum absolute atomic E-state index is 0.0338. The Labute approximate surface area is 116 Å². The lowest BCUT2D eigenvalue weighted by atomic mass is 10.2. The van der Waals surface area contributed by atoms with Crippen LogP contribution in [-0.2, 0) is 6.61 Å². The van der Waals surface area contributed by atoms with Crippen LogP contribution in [0.5, 0.6) is 5.75 Å². The molecule has 6 nitrogen and oxygen atoms in total. The lowest BCUT2D eigenvalue weighted by Gasteiger charge is -2.08. The van der Waals surface area contributed by atoms with E-state index in [0.29, 0.717) is 0 Å². The first-order valence-electron chi connectivity index (χ1n) is 6.25. The van der Waals surface area contributed by atoms with Crippen LogP contribution >= 0.6 is 0 Å². The number of pyridine rings is 1. The van der Waals surface area contributed by atoms with Crippen molar-refractivity contribution in [1.82, 2.24) is 4.98 Å². The molecular weight excluding hydrogens is 258 g/mol. The van der Waals surface area contributed by atoms with Gasteiger partial charge in [0, 0.05) is 18.8 Å². The lowest BCUT2D eigenvalue weighted by Crippen LogP contribution is -2.02. The molecule has 2 aromatic rings. The largest absolute Gasteiger partial charge is 0.482 e. The Morgan fingerprint density at radius 3 is 2.90 bits per heavy atom. The highest BCUT2D eigenvalue weighted by Gasteiger charge is 2.13. The molecule has 0 spiro atoms. The summed E-state index contributed by atoms with van der Waals surface area (Å²) in [7, 11) is 0. The van der Waals surface area contributed by atoms with Crippen molar-refractivity contribution >= 4 is 11.5 Å². The van der Waals surface area contributed by atoms with E-state index in [1.54, 1.807) is 24.4 Å². The van der Waals surface area contributed by atoms with Gasteiger partial charge in [0.15, 0.2) is 5.75 Å². The Hall–Kier alpha value is -2.63. The van der Waals surface area contributed by atoms with Gasteiger partial charge in [0.2, 0.25) is 0 Å². The summed E-state index contributed by atoms with van der Waals surface area (Å²) in [5.41, 5.74) is 0.863. The molecule has 0 radical (unpaired) electrons. The number of para-hydroxylation sites is 2. The quantitative estimate of drug-likeness (QED) is 0.646. The van der Waals surface area contributed by atoms with Crippen molar-refractivity contribution in [1.29, 1.82) is 0 Å². The van der Waals surface area contributed by atoms with Gasteiger partial charge in [-0.05, 0) is 30.7 Å². The number of aromatic nitrogens is 1. The van der Waals surface area contributed by atoms with Crippen molar-refractivity contribution in [3.05, 3.63) is 58.3 Å². The molecule has 0 aliphatic rings. The van der Waals surface area contributed by atoms with Crippen LogP contribution in [0.15, 0.2) is 42.6 Å². The summed E-state index contributed by atoms with van der Waals surface area (Å²) in [6.07, 6.45) is 1.68. The third-order valence-electron chi connectivity index (χ3n) is 2.64. The van der Waals surface area contributed by atoms with E-state index in [0.717, 1.165) is 17.9 Å². The normalized spacial score (nSPS) is 10.1. The van der Waals surface area contributed by atoms with Gasteiger partial charge in [-0.25, -0.2) is 4.98 Å². The van der Waals surface area contributed by atoms with Crippen LogP contribution in [0.3, 0.4) is 0 Å². The number of nitrogens with one attached hydrogen (secondary N) is 1. The summed E-state index contributed by atoms with van der Waals surface area (Å²) in [6.45, 7) is 3.02. The van der Waals surface area contributed by atoms with E-state index in [2.05, 4.69) is 10.3 Å². The maximum absolute atomic E-state index is 10.9. The molecule has 1 N–H and O–H groups in total. The minimum Gasteiger partial charge on any atom is -0.482 e. The Morgan fingerprint density at radius 1 is 1.35 bits per heavy atom. The van der Waals surface area contributed by atoms with Crippen molar-refractivity contribution in [2.24, 2.45) is 0 Å². The molecule has 0 atom stereocenters. The van der Waals surface area contributed by atoms with E-state index >= 15 is 0 Å². The predicted molar refractivity (Wildman–Crippen MR) is 75.8 cm³/mol. The highest BCUT2D eigenvalue weighted by Crippen LogP contribution is 2.26. The molecule has 0 fully saturated rings. The maximum atomic E-state index is 10.9. The molecule has 0 bridgehead atoms. The first-order chi connectivity index (χ1) is 9.70. The second-order valence-electron chi connectivity index (χ2n) is 4.09. The van der Waals surface area contributed by atoms with Crippen LogP contribution in [0.2, 0.25) is 0 Å². The molecule has 6 heteroatoms. The van der Waals surface area contributed by atoms with Crippen molar-refractivity contribution in [2.75, 3.05) is 11.9 Å². The highest BCUT2D eigenvalue weighted by atomic mass is 16.6. The Morgan fingerprint density at radius 2 is 2.15 bits per heavy atom. The van der Waals surface area contributed by atoms with Gasteiger partial charge < -0.3 is 10.1 Å². The van der Waals surface area contributed by atoms with Crippen molar-refractivity contribution in [2.45, 2.75) is 13.5 Å². The van der Waals surface area contributed by atoms with Crippen molar-refractivity contribution < 1.29 is 9.66 Å². The minimum atomic E-state index is -0.452. The van der Waals surface area contributed by atoms with E-state index in [1.807, 2.05) is 19.1 Å². The third-order valence-corrected chi connectivity index (χ3v) is 2.64. The third kappa shape index (κ3) is 3.44. The smallest absolute Gasteiger partial charge is 0.310 e. The van der Waals surface area contributed by atoms with E-state index in [-0.39, 0.29) is 18.0 Å². The van der Waals surface area contributed by atoms with E-state index in [9.17, 15) is 10.1 Å². The Balaban J connectivity index is 2.09. The fourth-order valence-corrected chi connectivity index (χ4v) is 1.73. The zero-order valence-electron chi connectivity index (χ0n) is 11.1. The number of rotatable bonds is 6. The first kappa shape index (κ1) is 13.8. The van der Waals surface area contributed by atoms with Gasteiger partial charge in [-0.15, -0.1) is 0 Å². The van der Waals surface area contributed by atoms with Crippen LogP contribution in [0.4, 0.5) is 11.5 Å². The SMILES string of the molecule is CCNc1cc(COc2ccccc2[N+](=O)[O-])ccn1. The summed E-state index contributed by atoms with van der Waals surface area (Å²) in [5, 5.41) is 14.0. The Kier molecular flexibility index (Phi) is 4.49. The molecule has 0 saturated heterocycles. The van der Waals surface area contributed by atoms with E-state index < -0.39 is 4.92 Å². The number of nitrogens with zero attached hydrogens (tertiary/aromatic N) is 2. The zero-order chi connectivity index (χ0) is 14.4. The van der Waals surface area contributed by atoms with Gasteiger partial charge in [-0.3, -0.25) is 10.1 Å². The fourth-order valence-electron chi connectivity index (χ4n) is 1.73. The molecule has 0 saturated carbocycles. The van der Waals surface area contributed by atoms with Gasteiger partial charge in [0.25, 0.3) is 0 Å². The van der Waals surface area contributed by atoms with Crippen LogP contribution in [-0.4, -0.2) is 16.5 Å². The monoisotopic (exact) mass is 273 g/mol.